The van der Waals surface area contributed by atoms with Gasteiger partial charge in [0.05, 0.1) is 6.04 Å². The van der Waals surface area contributed by atoms with Gasteiger partial charge in [0.15, 0.2) is 0 Å². The van der Waals surface area contributed by atoms with Crippen molar-refractivity contribution in [3.8, 4) is 0 Å². The molecule has 2 rings (SSSR count). The SMILES string of the molecule is O=C(O)N1CCC[C@H]1c1ccc(Br)c(CF)c1. The standard InChI is InChI=1S/C12H13BrFNO2/c13-10-4-3-8(6-9(10)7-14)11-2-1-5-15(11)12(16)17/h3-4,6,11H,1-2,5,7H2,(H,16,17)/t11-/m0/s1. The molecule has 0 radical (unpaired) electrons. The summed E-state index contributed by atoms with van der Waals surface area (Å²) in [5.41, 5.74) is 1.44. The molecule has 1 heterocycles. The number of carbonyl (C=O) groups is 1. The summed E-state index contributed by atoms with van der Waals surface area (Å²) >= 11 is 3.27. The lowest BCUT2D eigenvalue weighted by molar-refractivity contribution is 0.140. The number of likely N-dealkylation sites (tertiary alicyclic amines) is 1. The van der Waals surface area contributed by atoms with Gasteiger partial charge < -0.3 is 10.0 Å². The first-order valence-electron chi connectivity index (χ1n) is 5.47. The number of alkyl halides is 1. The van der Waals surface area contributed by atoms with Crippen molar-refractivity contribution in [2.45, 2.75) is 25.6 Å². The molecule has 1 saturated heterocycles. The van der Waals surface area contributed by atoms with Crippen molar-refractivity contribution in [1.82, 2.24) is 4.90 Å². The Morgan fingerprint density at radius 1 is 1.59 bits per heavy atom. The lowest BCUT2D eigenvalue weighted by Crippen LogP contribution is -2.28. The minimum absolute atomic E-state index is 0.133. The van der Waals surface area contributed by atoms with Crippen LogP contribution < -0.4 is 0 Å². The predicted molar refractivity (Wildman–Crippen MR) is 65.7 cm³/mol. The Balaban J connectivity index is 2.30. The molecule has 5 heteroatoms. The van der Waals surface area contributed by atoms with Crippen molar-refractivity contribution >= 4 is 22.0 Å². The van der Waals surface area contributed by atoms with Gasteiger partial charge in [0.25, 0.3) is 0 Å². The summed E-state index contributed by atoms with van der Waals surface area (Å²) in [5.74, 6) is 0. The summed E-state index contributed by atoms with van der Waals surface area (Å²) in [6.45, 7) is 0.00916. The van der Waals surface area contributed by atoms with E-state index in [2.05, 4.69) is 15.9 Å². The van der Waals surface area contributed by atoms with Gasteiger partial charge in [0.2, 0.25) is 0 Å². The second-order valence-corrected chi connectivity index (χ2v) is 4.97. The van der Waals surface area contributed by atoms with Crippen molar-refractivity contribution in [3.63, 3.8) is 0 Å². The fraction of sp³-hybridized carbons (Fsp3) is 0.417. The van der Waals surface area contributed by atoms with Crippen LogP contribution in [0, 0.1) is 0 Å². The summed E-state index contributed by atoms with van der Waals surface area (Å²) in [5, 5.41) is 9.07. The van der Waals surface area contributed by atoms with E-state index in [1.807, 2.05) is 6.07 Å². The molecule has 1 aliphatic rings. The Hall–Kier alpha value is -1.10. The summed E-state index contributed by atoms with van der Waals surface area (Å²) < 4.78 is 13.5. The van der Waals surface area contributed by atoms with E-state index in [0.29, 0.717) is 12.1 Å². The van der Waals surface area contributed by atoms with Gasteiger partial charge in [-0.2, -0.15) is 0 Å². The summed E-state index contributed by atoms with van der Waals surface area (Å²) in [6.07, 6.45) is 0.759. The van der Waals surface area contributed by atoms with Crippen molar-refractivity contribution in [3.05, 3.63) is 33.8 Å². The van der Waals surface area contributed by atoms with E-state index in [1.54, 1.807) is 12.1 Å². The van der Waals surface area contributed by atoms with Crippen LogP contribution in [0.15, 0.2) is 22.7 Å². The van der Waals surface area contributed by atoms with Gasteiger partial charge in [-0.15, -0.1) is 0 Å². The van der Waals surface area contributed by atoms with Gasteiger partial charge in [-0.25, -0.2) is 9.18 Å². The van der Waals surface area contributed by atoms with E-state index in [1.165, 1.54) is 4.90 Å². The molecule has 3 nitrogen and oxygen atoms in total. The lowest BCUT2D eigenvalue weighted by Gasteiger charge is -2.22. The molecule has 1 aromatic rings. The van der Waals surface area contributed by atoms with Crippen molar-refractivity contribution in [2.24, 2.45) is 0 Å². The fourth-order valence-electron chi connectivity index (χ4n) is 2.25. The third-order valence-electron chi connectivity index (χ3n) is 3.10. The first-order chi connectivity index (χ1) is 8.13. The quantitative estimate of drug-likeness (QED) is 0.904. The van der Waals surface area contributed by atoms with Crippen LogP contribution in [0.2, 0.25) is 0 Å². The second kappa shape index (κ2) is 5.04. The Kier molecular flexibility index (Phi) is 3.66. The van der Waals surface area contributed by atoms with Crippen molar-refractivity contribution in [1.29, 1.82) is 0 Å². The molecule has 1 aliphatic heterocycles. The highest BCUT2D eigenvalue weighted by molar-refractivity contribution is 9.10. The highest BCUT2D eigenvalue weighted by Gasteiger charge is 2.29. The monoisotopic (exact) mass is 301 g/mol. The molecule has 0 aromatic heterocycles. The first-order valence-corrected chi connectivity index (χ1v) is 6.26. The topological polar surface area (TPSA) is 40.5 Å². The molecule has 1 fully saturated rings. The van der Waals surface area contributed by atoms with E-state index in [9.17, 15) is 9.18 Å². The molecule has 0 spiro atoms. The number of halogens is 2. The third-order valence-corrected chi connectivity index (χ3v) is 3.87. The Morgan fingerprint density at radius 2 is 2.35 bits per heavy atom. The predicted octanol–water partition coefficient (Wildman–Crippen LogP) is 3.73. The van der Waals surface area contributed by atoms with Crippen LogP contribution in [0.4, 0.5) is 9.18 Å². The molecule has 0 unspecified atom stereocenters. The van der Waals surface area contributed by atoms with Gasteiger partial charge in [0, 0.05) is 11.0 Å². The van der Waals surface area contributed by atoms with E-state index in [0.717, 1.165) is 22.9 Å². The van der Waals surface area contributed by atoms with Crippen LogP contribution in [0.1, 0.15) is 30.0 Å². The molecule has 0 bridgehead atoms. The Labute approximate surface area is 107 Å². The van der Waals surface area contributed by atoms with Crippen LogP contribution in [-0.2, 0) is 6.67 Å². The minimum Gasteiger partial charge on any atom is -0.465 e. The highest BCUT2D eigenvalue weighted by Crippen LogP contribution is 2.33. The fourth-order valence-corrected chi connectivity index (χ4v) is 2.60. The molecular weight excluding hydrogens is 289 g/mol. The maximum atomic E-state index is 12.7. The molecule has 92 valence electrons. The number of hydrogen-bond acceptors (Lipinski definition) is 1. The average molecular weight is 302 g/mol. The first kappa shape index (κ1) is 12.4. The van der Waals surface area contributed by atoms with E-state index >= 15 is 0 Å². The van der Waals surface area contributed by atoms with Crippen LogP contribution in [0.5, 0.6) is 0 Å². The molecule has 1 amide bonds. The highest BCUT2D eigenvalue weighted by atomic mass is 79.9. The second-order valence-electron chi connectivity index (χ2n) is 4.12. The third kappa shape index (κ3) is 2.44. The normalized spacial score (nSPS) is 19.6. The summed E-state index contributed by atoms with van der Waals surface area (Å²) in [4.78, 5) is 12.5. The molecule has 0 aliphatic carbocycles. The maximum Gasteiger partial charge on any atom is 0.407 e. The molecule has 1 atom stereocenters. The van der Waals surface area contributed by atoms with Crippen molar-refractivity contribution < 1.29 is 14.3 Å². The minimum atomic E-state index is -0.905. The molecule has 0 saturated carbocycles. The van der Waals surface area contributed by atoms with Crippen molar-refractivity contribution in [2.75, 3.05) is 6.54 Å². The number of amides is 1. The maximum absolute atomic E-state index is 12.7. The number of hydrogen-bond donors (Lipinski definition) is 1. The number of carboxylic acid groups (broad SMARTS) is 1. The van der Waals surface area contributed by atoms with Crippen LogP contribution >= 0.6 is 15.9 Å². The number of rotatable bonds is 2. The largest absolute Gasteiger partial charge is 0.465 e. The van der Waals surface area contributed by atoms with Gasteiger partial charge in [0.1, 0.15) is 6.67 Å². The molecule has 17 heavy (non-hydrogen) atoms. The van der Waals surface area contributed by atoms with Crippen LogP contribution in [-0.4, -0.2) is 22.6 Å². The van der Waals surface area contributed by atoms with E-state index in [-0.39, 0.29) is 6.04 Å². The zero-order valence-electron chi connectivity index (χ0n) is 9.20. The Morgan fingerprint density at radius 3 is 3.00 bits per heavy atom. The smallest absolute Gasteiger partial charge is 0.407 e. The van der Waals surface area contributed by atoms with Crippen LogP contribution in [0.3, 0.4) is 0 Å². The lowest BCUT2D eigenvalue weighted by atomic mass is 10.0. The summed E-state index contributed by atoms with van der Waals surface area (Å²) in [6, 6.07) is 5.25. The zero-order valence-corrected chi connectivity index (χ0v) is 10.8. The zero-order chi connectivity index (χ0) is 12.4. The van der Waals surface area contributed by atoms with Gasteiger partial charge >= 0.3 is 6.09 Å². The molecular formula is C12H13BrFNO2. The number of nitrogens with zero attached hydrogens (tertiary/aromatic N) is 1. The van der Waals surface area contributed by atoms with Gasteiger partial charge in [-0.1, -0.05) is 22.0 Å². The van der Waals surface area contributed by atoms with E-state index in [4.69, 9.17) is 5.11 Å². The van der Waals surface area contributed by atoms with Crippen LogP contribution in [0.25, 0.3) is 0 Å². The number of benzene rings is 1. The summed E-state index contributed by atoms with van der Waals surface area (Å²) in [7, 11) is 0. The van der Waals surface area contributed by atoms with Gasteiger partial charge in [-0.05, 0) is 36.1 Å². The Bertz CT molecular complexity index is 439. The van der Waals surface area contributed by atoms with E-state index < -0.39 is 12.8 Å². The molecule has 1 N–H and O–H groups in total. The van der Waals surface area contributed by atoms with Gasteiger partial charge in [-0.3, -0.25) is 0 Å². The molecule has 1 aromatic carbocycles. The average Bonchev–Trinajstić information content (AvgIpc) is 2.78.